The van der Waals surface area contributed by atoms with Crippen molar-refractivity contribution in [2.45, 2.75) is 45.2 Å². The maximum absolute atomic E-state index is 13.8. The lowest BCUT2D eigenvalue weighted by molar-refractivity contribution is -0.137. The van der Waals surface area contributed by atoms with Gasteiger partial charge < -0.3 is 14.8 Å². The Morgan fingerprint density at radius 1 is 1.06 bits per heavy atom. The van der Waals surface area contributed by atoms with Gasteiger partial charge in [0.1, 0.15) is 6.04 Å². The van der Waals surface area contributed by atoms with Crippen LogP contribution in [-0.4, -0.2) is 45.7 Å². The van der Waals surface area contributed by atoms with Crippen LogP contribution in [0.3, 0.4) is 0 Å². The van der Waals surface area contributed by atoms with E-state index in [4.69, 9.17) is 0 Å². The minimum Gasteiger partial charge on any atom is -0.361 e. The summed E-state index contributed by atoms with van der Waals surface area (Å²) in [5, 5.41) is 1.10. The predicted molar refractivity (Wildman–Crippen MR) is 122 cm³/mol. The number of nitrogens with zero attached hydrogens (tertiary/aromatic N) is 2. The first-order valence-corrected chi connectivity index (χ1v) is 11.4. The highest BCUT2D eigenvalue weighted by molar-refractivity contribution is 6.03. The summed E-state index contributed by atoms with van der Waals surface area (Å²) >= 11 is 0. The van der Waals surface area contributed by atoms with Crippen molar-refractivity contribution in [2.75, 3.05) is 13.1 Å². The minimum atomic E-state index is -0.471. The summed E-state index contributed by atoms with van der Waals surface area (Å²) in [5.74, 6) is 0.126. The Balaban J connectivity index is 1.67. The molecule has 2 amide bonds. The summed E-state index contributed by atoms with van der Waals surface area (Å²) in [6.07, 6.45) is 4.93. The van der Waals surface area contributed by atoms with Crippen LogP contribution in [0.15, 0.2) is 54.7 Å². The highest BCUT2D eigenvalue weighted by Gasteiger charge is 2.47. The second-order valence-corrected chi connectivity index (χ2v) is 8.85. The van der Waals surface area contributed by atoms with Crippen molar-refractivity contribution in [3.05, 3.63) is 71.4 Å². The molecule has 1 fully saturated rings. The lowest BCUT2D eigenvalue weighted by Crippen LogP contribution is -2.52. The van der Waals surface area contributed by atoms with Crippen molar-refractivity contribution >= 4 is 22.7 Å². The van der Waals surface area contributed by atoms with E-state index in [1.165, 1.54) is 0 Å². The Morgan fingerprint density at radius 2 is 1.77 bits per heavy atom. The smallest absolute Gasteiger partial charge is 0.255 e. The van der Waals surface area contributed by atoms with Gasteiger partial charge in [-0.15, -0.1) is 0 Å². The van der Waals surface area contributed by atoms with Gasteiger partial charge in [-0.1, -0.05) is 56.7 Å². The number of likely N-dealkylation sites (tertiary alicyclic amines) is 1. The van der Waals surface area contributed by atoms with Crippen LogP contribution in [-0.2, 0) is 4.79 Å². The number of fused-ring (bicyclic) bond motifs is 2. The standard InChI is InChI=1S/C26H29N3O2/c1-3-17(2)23(26(31)28-14-8-9-15-28)29-24(19-11-4-5-12-20(19)25(29)30)21-16-27-22-13-7-6-10-18(21)22/h4-7,10-13,16-17,23-24,27H,3,8-9,14-15H2,1-2H3. The molecule has 5 nitrogen and oxygen atoms in total. The third-order valence-corrected chi connectivity index (χ3v) is 7.07. The number of aromatic nitrogens is 1. The molecule has 5 heteroatoms. The van der Waals surface area contributed by atoms with Gasteiger partial charge in [-0.3, -0.25) is 9.59 Å². The van der Waals surface area contributed by atoms with Gasteiger partial charge in [-0.2, -0.15) is 0 Å². The molecular weight excluding hydrogens is 386 g/mol. The molecule has 1 saturated heterocycles. The van der Waals surface area contributed by atoms with Crippen LogP contribution >= 0.6 is 0 Å². The molecule has 160 valence electrons. The molecule has 3 aromatic rings. The third kappa shape index (κ3) is 3.14. The Labute approximate surface area is 183 Å². The predicted octanol–water partition coefficient (Wildman–Crippen LogP) is 4.75. The monoisotopic (exact) mass is 415 g/mol. The van der Waals surface area contributed by atoms with Crippen LogP contribution in [0.25, 0.3) is 10.9 Å². The normalized spacial score (nSPS) is 20.3. The molecule has 3 unspecified atom stereocenters. The Bertz CT molecular complexity index is 1130. The average Bonchev–Trinajstić information content (AvgIpc) is 3.53. The molecule has 3 atom stereocenters. The number of para-hydroxylation sites is 1. The van der Waals surface area contributed by atoms with Gasteiger partial charge in [0.2, 0.25) is 5.91 Å². The number of nitrogens with one attached hydrogen (secondary N) is 1. The molecule has 1 aromatic heterocycles. The number of hydrogen-bond donors (Lipinski definition) is 1. The Morgan fingerprint density at radius 3 is 2.55 bits per heavy atom. The molecule has 2 aliphatic rings. The molecule has 2 aliphatic heterocycles. The molecule has 3 heterocycles. The molecule has 0 radical (unpaired) electrons. The fraction of sp³-hybridized carbons (Fsp3) is 0.385. The van der Waals surface area contributed by atoms with E-state index in [-0.39, 0.29) is 23.8 Å². The summed E-state index contributed by atoms with van der Waals surface area (Å²) in [6.45, 7) is 5.78. The van der Waals surface area contributed by atoms with E-state index in [1.54, 1.807) is 0 Å². The first-order valence-electron chi connectivity index (χ1n) is 11.4. The van der Waals surface area contributed by atoms with Crippen molar-refractivity contribution in [1.29, 1.82) is 0 Å². The number of aromatic amines is 1. The van der Waals surface area contributed by atoms with E-state index < -0.39 is 6.04 Å². The van der Waals surface area contributed by atoms with E-state index >= 15 is 0 Å². The van der Waals surface area contributed by atoms with Crippen LogP contribution in [0.2, 0.25) is 0 Å². The topological polar surface area (TPSA) is 56.4 Å². The zero-order chi connectivity index (χ0) is 21.5. The summed E-state index contributed by atoms with van der Waals surface area (Å²) in [4.78, 5) is 34.7. The van der Waals surface area contributed by atoms with E-state index in [2.05, 4.69) is 24.9 Å². The molecule has 0 aliphatic carbocycles. The summed E-state index contributed by atoms with van der Waals surface area (Å²) in [6, 6.07) is 15.2. The first kappa shape index (κ1) is 19.9. The lowest BCUT2D eigenvalue weighted by atomic mass is 9.92. The van der Waals surface area contributed by atoms with Gasteiger partial charge in [-0.05, 0) is 36.5 Å². The first-order chi connectivity index (χ1) is 15.1. The van der Waals surface area contributed by atoms with E-state index in [9.17, 15) is 9.59 Å². The van der Waals surface area contributed by atoms with Crippen molar-refractivity contribution in [2.24, 2.45) is 5.92 Å². The number of carbonyl (C=O) groups excluding carboxylic acids is 2. The Hall–Kier alpha value is -3.08. The van der Waals surface area contributed by atoms with Gasteiger partial charge in [0, 0.05) is 41.3 Å². The average molecular weight is 416 g/mol. The fourth-order valence-electron chi connectivity index (χ4n) is 5.25. The van der Waals surface area contributed by atoms with Gasteiger partial charge in [0.25, 0.3) is 5.91 Å². The number of benzene rings is 2. The maximum Gasteiger partial charge on any atom is 0.255 e. The molecule has 1 N–H and O–H groups in total. The maximum atomic E-state index is 13.8. The second kappa shape index (κ2) is 7.88. The third-order valence-electron chi connectivity index (χ3n) is 7.07. The van der Waals surface area contributed by atoms with Crippen LogP contribution in [0.1, 0.15) is 60.6 Å². The highest BCUT2D eigenvalue weighted by Crippen LogP contribution is 2.44. The quantitative estimate of drug-likeness (QED) is 0.654. The minimum absolute atomic E-state index is 0.0382. The van der Waals surface area contributed by atoms with E-state index in [0.29, 0.717) is 5.56 Å². The van der Waals surface area contributed by atoms with Crippen LogP contribution in [0, 0.1) is 5.92 Å². The zero-order valence-electron chi connectivity index (χ0n) is 18.2. The van der Waals surface area contributed by atoms with Crippen molar-refractivity contribution in [1.82, 2.24) is 14.8 Å². The summed E-state index contributed by atoms with van der Waals surface area (Å²) < 4.78 is 0. The number of carbonyl (C=O) groups is 2. The van der Waals surface area contributed by atoms with Crippen molar-refractivity contribution < 1.29 is 9.59 Å². The number of H-pyrrole nitrogens is 1. The van der Waals surface area contributed by atoms with Gasteiger partial charge in [0.05, 0.1) is 6.04 Å². The zero-order valence-corrected chi connectivity index (χ0v) is 18.2. The van der Waals surface area contributed by atoms with Crippen LogP contribution in [0.5, 0.6) is 0 Å². The molecule has 31 heavy (non-hydrogen) atoms. The molecular formula is C26H29N3O2. The Kier molecular flexibility index (Phi) is 5.05. The fourth-order valence-corrected chi connectivity index (χ4v) is 5.25. The van der Waals surface area contributed by atoms with Gasteiger partial charge >= 0.3 is 0 Å². The van der Waals surface area contributed by atoms with Gasteiger partial charge in [0.15, 0.2) is 0 Å². The second-order valence-electron chi connectivity index (χ2n) is 8.85. The summed E-state index contributed by atoms with van der Waals surface area (Å²) in [7, 11) is 0. The highest BCUT2D eigenvalue weighted by atomic mass is 16.2. The van der Waals surface area contributed by atoms with Crippen LogP contribution in [0.4, 0.5) is 0 Å². The molecule has 0 bridgehead atoms. The number of amides is 2. The molecule has 2 aromatic carbocycles. The van der Waals surface area contributed by atoms with E-state index in [0.717, 1.165) is 54.4 Å². The molecule has 5 rings (SSSR count). The van der Waals surface area contributed by atoms with Crippen LogP contribution < -0.4 is 0 Å². The molecule has 0 saturated carbocycles. The number of rotatable bonds is 5. The van der Waals surface area contributed by atoms with Crippen molar-refractivity contribution in [3.63, 3.8) is 0 Å². The number of hydrogen-bond acceptors (Lipinski definition) is 2. The largest absolute Gasteiger partial charge is 0.361 e. The SMILES string of the molecule is CCC(C)C(C(=O)N1CCCC1)N1C(=O)c2ccccc2C1c1c[nH]c2ccccc12. The summed E-state index contributed by atoms with van der Waals surface area (Å²) in [5.41, 5.74) is 3.79. The van der Waals surface area contributed by atoms with Gasteiger partial charge in [-0.25, -0.2) is 0 Å². The van der Waals surface area contributed by atoms with Crippen molar-refractivity contribution in [3.8, 4) is 0 Å². The lowest BCUT2D eigenvalue weighted by Gasteiger charge is -2.38. The molecule has 0 spiro atoms. The van der Waals surface area contributed by atoms with E-state index in [1.807, 2.05) is 58.5 Å².